The molecule has 1 aromatic heterocycles. The van der Waals surface area contributed by atoms with Gasteiger partial charge in [-0.3, -0.25) is 4.79 Å². The average molecular weight is 271 g/mol. The number of rotatable bonds is 3. The van der Waals surface area contributed by atoms with Crippen molar-refractivity contribution in [2.45, 2.75) is 32.7 Å². The number of carbonyl (C=O) groups excluding carboxylic acids is 1. The summed E-state index contributed by atoms with van der Waals surface area (Å²) in [6, 6.07) is 8.26. The summed E-state index contributed by atoms with van der Waals surface area (Å²) in [5, 5.41) is 3.92. The van der Waals surface area contributed by atoms with Crippen molar-refractivity contribution in [2.75, 3.05) is 6.54 Å². The minimum Gasteiger partial charge on any atom is -0.340 e. The molecule has 5 nitrogen and oxygen atoms in total. The molecule has 0 spiro atoms. The third kappa shape index (κ3) is 2.57. The maximum atomic E-state index is 12.1. The van der Waals surface area contributed by atoms with Gasteiger partial charge < -0.3 is 9.42 Å². The van der Waals surface area contributed by atoms with Gasteiger partial charge in [0, 0.05) is 32.4 Å². The fourth-order valence-corrected chi connectivity index (χ4v) is 2.49. The van der Waals surface area contributed by atoms with Crippen molar-refractivity contribution in [1.82, 2.24) is 15.0 Å². The Bertz CT molecular complexity index is 618. The molecule has 1 amide bonds. The zero-order chi connectivity index (χ0) is 14.1. The van der Waals surface area contributed by atoms with Crippen LogP contribution in [0, 0.1) is 13.8 Å². The van der Waals surface area contributed by atoms with Crippen molar-refractivity contribution >= 4 is 5.91 Å². The van der Waals surface area contributed by atoms with E-state index in [-0.39, 0.29) is 11.8 Å². The minimum absolute atomic E-state index is 0.0467. The Morgan fingerprint density at radius 2 is 2.05 bits per heavy atom. The van der Waals surface area contributed by atoms with E-state index in [9.17, 15) is 4.79 Å². The predicted molar refractivity (Wildman–Crippen MR) is 73.0 cm³/mol. The highest BCUT2D eigenvalue weighted by Gasteiger charge is 2.33. The lowest BCUT2D eigenvalue weighted by molar-refractivity contribution is -0.128. The van der Waals surface area contributed by atoms with E-state index >= 15 is 0 Å². The first kappa shape index (κ1) is 12.8. The van der Waals surface area contributed by atoms with Gasteiger partial charge in [-0.05, 0) is 12.5 Å². The fourth-order valence-electron chi connectivity index (χ4n) is 2.49. The molecule has 1 saturated heterocycles. The molecule has 2 aromatic rings. The van der Waals surface area contributed by atoms with Crippen molar-refractivity contribution in [1.29, 1.82) is 0 Å². The van der Waals surface area contributed by atoms with Crippen LogP contribution in [0.4, 0.5) is 0 Å². The highest BCUT2D eigenvalue weighted by atomic mass is 16.5. The SMILES string of the molecule is Cc1ccc(CN2CC(c3noc(C)n3)CC2=O)cc1. The average Bonchev–Trinajstić information content (AvgIpc) is 3.00. The molecular weight excluding hydrogens is 254 g/mol. The van der Waals surface area contributed by atoms with Crippen LogP contribution in [0.15, 0.2) is 28.8 Å². The minimum atomic E-state index is 0.0467. The smallest absolute Gasteiger partial charge is 0.223 e. The van der Waals surface area contributed by atoms with E-state index in [0.29, 0.717) is 31.2 Å². The van der Waals surface area contributed by atoms with Gasteiger partial charge in [-0.15, -0.1) is 0 Å². The molecule has 104 valence electrons. The van der Waals surface area contributed by atoms with Gasteiger partial charge >= 0.3 is 0 Å². The van der Waals surface area contributed by atoms with E-state index in [1.165, 1.54) is 5.56 Å². The highest BCUT2D eigenvalue weighted by Crippen LogP contribution is 2.27. The van der Waals surface area contributed by atoms with Crippen molar-refractivity contribution in [3.63, 3.8) is 0 Å². The Balaban J connectivity index is 1.69. The monoisotopic (exact) mass is 271 g/mol. The van der Waals surface area contributed by atoms with Gasteiger partial charge in [-0.1, -0.05) is 35.0 Å². The van der Waals surface area contributed by atoms with E-state index in [0.717, 1.165) is 5.56 Å². The Hall–Kier alpha value is -2.17. The first-order chi connectivity index (χ1) is 9.61. The Labute approximate surface area is 117 Å². The zero-order valence-corrected chi connectivity index (χ0v) is 11.7. The molecule has 1 aromatic carbocycles. The third-order valence-corrected chi connectivity index (χ3v) is 3.62. The van der Waals surface area contributed by atoms with E-state index in [1.54, 1.807) is 6.92 Å². The van der Waals surface area contributed by atoms with E-state index in [1.807, 2.05) is 4.90 Å². The number of carbonyl (C=O) groups is 1. The summed E-state index contributed by atoms with van der Waals surface area (Å²) in [7, 11) is 0. The number of amides is 1. The van der Waals surface area contributed by atoms with Gasteiger partial charge in [0.1, 0.15) is 0 Å². The molecule has 0 N–H and O–H groups in total. The first-order valence-electron chi connectivity index (χ1n) is 6.75. The van der Waals surface area contributed by atoms with E-state index in [2.05, 4.69) is 41.3 Å². The fraction of sp³-hybridized carbons (Fsp3) is 0.400. The van der Waals surface area contributed by atoms with Gasteiger partial charge in [-0.25, -0.2) is 0 Å². The number of aryl methyl sites for hydroxylation is 2. The summed E-state index contributed by atoms with van der Waals surface area (Å²) >= 11 is 0. The molecule has 1 fully saturated rings. The summed E-state index contributed by atoms with van der Waals surface area (Å²) in [5.41, 5.74) is 2.37. The maximum Gasteiger partial charge on any atom is 0.223 e. The topological polar surface area (TPSA) is 59.2 Å². The van der Waals surface area contributed by atoms with Crippen molar-refractivity contribution in [2.24, 2.45) is 0 Å². The molecule has 0 aliphatic carbocycles. The number of aromatic nitrogens is 2. The molecular formula is C15H17N3O2. The van der Waals surface area contributed by atoms with Crippen LogP contribution in [0.3, 0.4) is 0 Å². The Morgan fingerprint density at radius 1 is 1.30 bits per heavy atom. The van der Waals surface area contributed by atoms with Crippen LogP contribution in [-0.4, -0.2) is 27.5 Å². The molecule has 1 aliphatic rings. The lowest BCUT2D eigenvalue weighted by Crippen LogP contribution is -2.24. The first-order valence-corrected chi connectivity index (χ1v) is 6.75. The third-order valence-electron chi connectivity index (χ3n) is 3.62. The largest absolute Gasteiger partial charge is 0.340 e. The number of likely N-dealkylation sites (tertiary alicyclic amines) is 1. The van der Waals surface area contributed by atoms with E-state index < -0.39 is 0 Å². The second kappa shape index (κ2) is 5.07. The quantitative estimate of drug-likeness (QED) is 0.858. The second-order valence-corrected chi connectivity index (χ2v) is 5.33. The summed E-state index contributed by atoms with van der Waals surface area (Å²) in [6.45, 7) is 5.12. The van der Waals surface area contributed by atoms with Crippen LogP contribution in [0.5, 0.6) is 0 Å². The molecule has 20 heavy (non-hydrogen) atoms. The number of hydrogen-bond acceptors (Lipinski definition) is 4. The lowest BCUT2D eigenvalue weighted by Gasteiger charge is -2.16. The maximum absolute atomic E-state index is 12.1. The van der Waals surface area contributed by atoms with Crippen LogP contribution in [-0.2, 0) is 11.3 Å². The second-order valence-electron chi connectivity index (χ2n) is 5.33. The molecule has 0 saturated carbocycles. The molecule has 1 unspecified atom stereocenters. The summed E-state index contributed by atoms with van der Waals surface area (Å²) in [6.07, 6.45) is 0.463. The lowest BCUT2D eigenvalue weighted by atomic mass is 10.1. The molecule has 0 bridgehead atoms. The zero-order valence-electron chi connectivity index (χ0n) is 11.7. The van der Waals surface area contributed by atoms with Crippen LogP contribution >= 0.6 is 0 Å². The molecule has 5 heteroatoms. The van der Waals surface area contributed by atoms with Crippen LogP contribution in [0.25, 0.3) is 0 Å². The summed E-state index contributed by atoms with van der Waals surface area (Å²) in [4.78, 5) is 18.2. The van der Waals surface area contributed by atoms with Gasteiger partial charge in [0.2, 0.25) is 11.8 Å². The highest BCUT2D eigenvalue weighted by molar-refractivity contribution is 5.79. The Morgan fingerprint density at radius 3 is 2.70 bits per heavy atom. The van der Waals surface area contributed by atoms with Crippen molar-refractivity contribution < 1.29 is 9.32 Å². The van der Waals surface area contributed by atoms with Crippen LogP contribution in [0.1, 0.15) is 35.2 Å². The standard InChI is InChI=1S/C15H17N3O2/c1-10-3-5-12(6-4-10)8-18-9-13(7-14(18)19)15-16-11(2)20-17-15/h3-6,13H,7-9H2,1-2H3. The molecule has 3 rings (SSSR count). The van der Waals surface area contributed by atoms with Gasteiger partial charge in [0.15, 0.2) is 5.82 Å². The van der Waals surface area contributed by atoms with Crippen LogP contribution < -0.4 is 0 Å². The van der Waals surface area contributed by atoms with Crippen LogP contribution in [0.2, 0.25) is 0 Å². The molecule has 1 atom stereocenters. The summed E-state index contributed by atoms with van der Waals surface area (Å²) in [5.74, 6) is 1.38. The predicted octanol–water partition coefficient (Wildman–Crippen LogP) is 2.20. The van der Waals surface area contributed by atoms with Gasteiger partial charge in [0.05, 0.1) is 0 Å². The van der Waals surface area contributed by atoms with Crippen molar-refractivity contribution in [3.8, 4) is 0 Å². The Kier molecular flexibility index (Phi) is 3.26. The number of benzene rings is 1. The molecule has 2 heterocycles. The van der Waals surface area contributed by atoms with Gasteiger partial charge in [-0.2, -0.15) is 4.98 Å². The van der Waals surface area contributed by atoms with Crippen molar-refractivity contribution in [3.05, 3.63) is 47.1 Å². The summed E-state index contributed by atoms with van der Waals surface area (Å²) < 4.78 is 4.99. The number of nitrogens with zero attached hydrogens (tertiary/aromatic N) is 3. The molecule has 0 radical (unpaired) electrons. The molecule has 1 aliphatic heterocycles. The van der Waals surface area contributed by atoms with E-state index in [4.69, 9.17) is 4.52 Å². The van der Waals surface area contributed by atoms with Gasteiger partial charge in [0.25, 0.3) is 0 Å². The number of hydrogen-bond donors (Lipinski definition) is 0. The normalized spacial score (nSPS) is 18.8.